The van der Waals surface area contributed by atoms with E-state index >= 15 is 0 Å². The molecule has 1 fully saturated rings. The van der Waals surface area contributed by atoms with Gasteiger partial charge in [-0.2, -0.15) is 0 Å². The molecule has 4 aliphatic rings. The van der Waals surface area contributed by atoms with Crippen molar-refractivity contribution in [3.05, 3.63) is 70.3 Å². The minimum absolute atomic E-state index is 0.0229. The lowest BCUT2D eigenvalue weighted by molar-refractivity contribution is -0.164. The molecule has 2 aliphatic heterocycles. The zero-order valence-electron chi connectivity index (χ0n) is 24.9. The van der Waals surface area contributed by atoms with Crippen molar-refractivity contribution in [1.82, 2.24) is 4.90 Å². The van der Waals surface area contributed by atoms with Crippen molar-refractivity contribution >= 4 is 29.2 Å². The van der Waals surface area contributed by atoms with E-state index in [-0.39, 0.29) is 17.1 Å². The number of benzene rings is 2. The van der Waals surface area contributed by atoms with E-state index in [4.69, 9.17) is 21.1 Å². The van der Waals surface area contributed by atoms with E-state index < -0.39 is 23.9 Å². The van der Waals surface area contributed by atoms with Crippen LogP contribution in [0.25, 0.3) is 0 Å². The Bertz CT molecular complexity index is 1430. The number of hydrogen-bond acceptors (Lipinski definition) is 6. The number of aliphatic carboxylic acids is 1. The number of halogens is 1. The number of carboxylic acid groups (broad SMARTS) is 1. The quantitative estimate of drug-likeness (QED) is 0.466. The molecule has 0 saturated heterocycles. The normalized spacial score (nSPS) is 31.7. The fourth-order valence-electron chi connectivity index (χ4n) is 7.58. The van der Waals surface area contributed by atoms with Gasteiger partial charge in [-0.1, -0.05) is 35.9 Å². The second-order valence-electron chi connectivity index (χ2n) is 12.9. The van der Waals surface area contributed by atoms with Gasteiger partial charge in [0.1, 0.15) is 5.75 Å². The maximum Gasteiger partial charge on any atom is 0.340 e. The molecule has 2 aromatic rings. The number of rotatable bonds is 2. The second kappa shape index (κ2) is 11.8. The molecule has 43 heavy (non-hydrogen) atoms. The predicted octanol–water partition coefficient (Wildman–Crippen LogP) is 4.93. The van der Waals surface area contributed by atoms with Gasteiger partial charge in [-0.15, -0.1) is 0 Å². The Morgan fingerprint density at radius 3 is 2.77 bits per heavy atom. The van der Waals surface area contributed by atoms with Crippen molar-refractivity contribution in [3.8, 4) is 5.75 Å². The summed E-state index contributed by atoms with van der Waals surface area (Å²) in [6.07, 6.45) is 9.25. The molecular weight excluding hydrogens is 568 g/mol. The zero-order chi connectivity index (χ0) is 30.4. The van der Waals surface area contributed by atoms with E-state index in [1.54, 1.807) is 32.4 Å². The van der Waals surface area contributed by atoms with Crippen LogP contribution in [0.2, 0.25) is 5.02 Å². The van der Waals surface area contributed by atoms with Crippen LogP contribution in [0.4, 0.5) is 5.69 Å². The highest BCUT2D eigenvalue weighted by molar-refractivity contribution is 6.30. The number of anilines is 1. The Balaban J connectivity index is 1.46. The molecule has 0 unspecified atom stereocenters. The fourth-order valence-corrected chi connectivity index (χ4v) is 7.78. The van der Waals surface area contributed by atoms with Gasteiger partial charge in [-0.05, 0) is 91.3 Å². The van der Waals surface area contributed by atoms with E-state index in [1.807, 2.05) is 12.1 Å². The van der Waals surface area contributed by atoms with Crippen molar-refractivity contribution in [2.24, 2.45) is 11.8 Å². The van der Waals surface area contributed by atoms with Crippen molar-refractivity contribution in [2.45, 2.75) is 62.1 Å². The molecule has 6 rings (SSSR count). The number of fused-ring (bicyclic) bond motifs is 4. The minimum Gasteiger partial charge on any atom is -0.490 e. The first-order valence-corrected chi connectivity index (χ1v) is 15.7. The number of methoxy groups -OCH3 is 1. The highest BCUT2D eigenvalue weighted by atomic mass is 35.5. The van der Waals surface area contributed by atoms with Gasteiger partial charge in [0.15, 0.2) is 5.60 Å². The van der Waals surface area contributed by atoms with Crippen LogP contribution < -0.4 is 9.64 Å². The van der Waals surface area contributed by atoms with Gasteiger partial charge in [0.05, 0.1) is 24.8 Å². The van der Waals surface area contributed by atoms with Gasteiger partial charge in [0.25, 0.3) is 0 Å². The molecule has 8 nitrogen and oxygen atoms in total. The average Bonchev–Trinajstić information content (AvgIpc) is 3.12. The molecule has 2 N–H and O–H groups in total. The van der Waals surface area contributed by atoms with E-state index in [2.05, 4.69) is 23.1 Å². The molecule has 9 heteroatoms. The molecule has 5 atom stereocenters. The standard InChI is InChI=1S/C34H41ClN2O6/c1-36-15-4-3-7-29(42-2)26-11-8-23(26)19-37-20-33(14-5-6-22-16-25(35)10-12-27(22)33)21-43-30-13-9-24(17-28(30)37)34(41,32(39)40)18-31(36)38/h3,7,9-10,12-13,16-17,23,26,29,41H,4-6,8,11,14-15,18-21H2,1-2H3,(H,39,40)/b7-3+/t23-,26+,29-,33-,34-/m0/s1. The van der Waals surface area contributed by atoms with Crippen LogP contribution in [-0.2, 0) is 31.8 Å². The fraction of sp³-hybridized carbons (Fsp3) is 0.529. The lowest BCUT2D eigenvalue weighted by atomic mass is 9.68. The second-order valence-corrected chi connectivity index (χ2v) is 13.3. The number of nitrogens with zero attached hydrogens (tertiary/aromatic N) is 2. The third-order valence-electron chi connectivity index (χ3n) is 10.3. The smallest absolute Gasteiger partial charge is 0.340 e. The number of carbonyl (C=O) groups excluding carboxylic acids is 1. The van der Waals surface area contributed by atoms with Gasteiger partial charge >= 0.3 is 5.97 Å². The van der Waals surface area contributed by atoms with Gasteiger partial charge in [-0.3, -0.25) is 4.79 Å². The molecule has 1 saturated carbocycles. The Labute approximate surface area is 258 Å². The molecular formula is C34H41ClN2O6. The monoisotopic (exact) mass is 608 g/mol. The molecule has 2 aliphatic carbocycles. The third kappa shape index (κ3) is 5.54. The van der Waals surface area contributed by atoms with Crippen LogP contribution in [0.1, 0.15) is 55.2 Å². The molecule has 0 radical (unpaired) electrons. The Kier molecular flexibility index (Phi) is 8.22. The number of amides is 1. The lowest BCUT2D eigenvalue weighted by Gasteiger charge is -2.46. The number of ether oxygens (including phenoxy) is 2. The number of aryl methyl sites for hydroxylation is 1. The summed E-state index contributed by atoms with van der Waals surface area (Å²) < 4.78 is 12.5. The van der Waals surface area contributed by atoms with Crippen molar-refractivity contribution < 1.29 is 29.3 Å². The maximum atomic E-state index is 13.2. The van der Waals surface area contributed by atoms with Crippen LogP contribution in [0.5, 0.6) is 5.75 Å². The first-order valence-electron chi connectivity index (χ1n) is 15.3. The molecule has 230 valence electrons. The van der Waals surface area contributed by atoms with Gasteiger partial charge in [0.2, 0.25) is 5.91 Å². The molecule has 1 spiro atoms. The van der Waals surface area contributed by atoms with E-state index in [0.717, 1.165) is 49.4 Å². The first-order chi connectivity index (χ1) is 20.6. The van der Waals surface area contributed by atoms with Crippen LogP contribution in [-0.4, -0.2) is 73.5 Å². The van der Waals surface area contributed by atoms with Crippen LogP contribution >= 0.6 is 11.6 Å². The topological polar surface area (TPSA) is 99.5 Å². The molecule has 0 aromatic heterocycles. The largest absolute Gasteiger partial charge is 0.490 e. The van der Waals surface area contributed by atoms with Gasteiger partial charge in [0, 0.05) is 44.2 Å². The number of carbonyl (C=O) groups is 2. The van der Waals surface area contributed by atoms with Crippen molar-refractivity contribution in [2.75, 3.05) is 45.3 Å². The van der Waals surface area contributed by atoms with E-state index in [0.29, 0.717) is 43.7 Å². The molecule has 2 heterocycles. The SMILES string of the molecule is CO[C@H]1/C=C/CCN(C)C(=O)C[C@@](O)(C(=O)O)c2ccc3c(c2)N(C[C@@H]2CC[C@H]21)C[C@@]1(CCCc2cc(Cl)ccc21)CO3. The number of carboxylic acids is 1. The molecule has 1 amide bonds. The summed E-state index contributed by atoms with van der Waals surface area (Å²) in [6, 6.07) is 11.2. The van der Waals surface area contributed by atoms with Crippen LogP contribution in [0.3, 0.4) is 0 Å². The minimum atomic E-state index is -2.38. The van der Waals surface area contributed by atoms with Crippen LogP contribution in [0.15, 0.2) is 48.6 Å². The van der Waals surface area contributed by atoms with Gasteiger partial charge in [-0.25, -0.2) is 4.79 Å². The van der Waals surface area contributed by atoms with E-state index in [1.165, 1.54) is 16.0 Å². The summed E-state index contributed by atoms with van der Waals surface area (Å²) in [5, 5.41) is 22.5. The van der Waals surface area contributed by atoms with Gasteiger partial charge < -0.3 is 29.5 Å². The Hall–Kier alpha value is -3.07. The predicted molar refractivity (Wildman–Crippen MR) is 165 cm³/mol. The summed E-state index contributed by atoms with van der Waals surface area (Å²) in [5.41, 5.74) is 0.766. The Morgan fingerprint density at radius 1 is 1.19 bits per heavy atom. The molecule has 2 aromatic carbocycles. The summed E-state index contributed by atoms with van der Waals surface area (Å²) in [7, 11) is 3.39. The number of aliphatic hydroxyl groups is 1. The summed E-state index contributed by atoms with van der Waals surface area (Å²) in [4.78, 5) is 29.5. The Morgan fingerprint density at radius 2 is 2.02 bits per heavy atom. The maximum absolute atomic E-state index is 13.2. The van der Waals surface area contributed by atoms with Crippen molar-refractivity contribution in [3.63, 3.8) is 0 Å². The summed E-state index contributed by atoms with van der Waals surface area (Å²) in [6.45, 7) is 2.32. The average molecular weight is 609 g/mol. The highest BCUT2D eigenvalue weighted by Crippen LogP contribution is 2.47. The molecule has 2 bridgehead atoms. The summed E-state index contributed by atoms with van der Waals surface area (Å²) >= 11 is 6.41. The van der Waals surface area contributed by atoms with E-state index in [9.17, 15) is 19.8 Å². The summed E-state index contributed by atoms with van der Waals surface area (Å²) in [5.74, 6) is -0.531. The number of hydrogen-bond donors (Lipinski definition) is 2. The first kappa shape index (κ1) is 30.0. The lowest BCUT2D eigenvalue weighted by Crippen LogP contribution is -2.49. The van der Waals surface area contributed by atoms with Crippen LogP contribution in [0, 0.1) is 11.8 Å². The van der Waals surface area contributed by atoms with Crippen molar-refractivity contribution in [1.29, 1.82) is 0 Å². The third-order valence-corrected chi connectivity index (χ3v) is 10.5. The highest BCUT2D eigenvalue weighted by Gasteiger charge is 2.46. The zero-order valence-corrected chi connectivity index (χ0v) is 25.7.